The molecule has 1 amide bonds. The van der Waals surface area contributed by atoms with Crippen molar-refractivity contribution in [2.45, 2.75) is 77.1 Å². The normalized spacial score (nSPS) is 13.3. The van der Waals surface area contributed by atoms with Crippen LogP contribution in [-0.2, 0) is 10.5 Å². The molecule has 172 valence electrons. The number of ether oxygens (including phenoxy) is 1. The molecule has 5 heteroatoms. The molecule has 4 nitrogen and oxygen atoms in total. The predicted octanol–water partition coefficient (Wildman–Crippen LogP) is 7.43. The van der Waals surface area contributed by atoms with E-state index in [0.29, 0.717) is 5.75 Å². The molecule has 31 heavy (non-hydrogen) atoms. The number of phenols is 1. The molecule has 1 aliphatic heterocycles. The van der Waals surface area contributed by atoms with Crippen LogP contribution in [0.2, 0.25) is 0 Å². The van der Waals surface area contributed by atoms with Gasteiger partial charge in [-0.05, 0) is 76.3 Å². The molecule has 1 saturated heterocycles. The lowest BCUT2D eigenvalue weighted by atomic mass is 10.1. The fourth-order valence-corrected chi connectivity index (χ4v) is 3.90. The quantitative estimate of drug-likeness (QED) is 0.499. The Kier molecular flexibility index (Phi) is 12.2. The van der Waals surface area contributed by atoms with E-state index in [4.69, 9.17) is 4.74 Å². The van der Waals surface area contributed by atoms with E-state index in [1.165, 1.54) is 16.9 Å². The van der Waals surface area contributed by atoms with Crippen LogP contribution in [0.25, 0.3) is 0 Å². The third-order valence-corrected chi connectivity index (χ3v) is 5.65. The first-order valence-electron chi connectivity index (χ1n) is 11.2. The van der Waals surface area contributed by atoms with E-state index in [1.54, 1.807) is 28.8 Å². The van der Waals surface area contributed by atoms with Gasteiger partial charge in [0.15, 0.2) is 0 Å². The number of aryl methyl sites for hydroxylation is 1. The minimum absolute atomic E-state index is 0.160. The maximum Gasteiger partial charge on any atom is 0.410 e. The summed E-state index contributed by atoms with van der Waals surface area (Å²) in [6.07, 6.45) is 3.30. The molecule has 0 unspecified atom stereocenters. The third kappa shape index (κ3) is 11.2. The van der Waals surface area contributed by atoms with Crippen LogP contribution in [0.15, 0.2) is 53.4 Å². The zero-order valence-corrected chi connectivity index (χ0v) is 20.8. The van der Waals surface area contributed by atoms with E-state index in [9.17, 15) is 9.90 Å². The van der Waals surface area contributed by atoms with Crippen molar-refractivity contribution >= 4 is 17.9 Å². The number of likely N-dealkylation sites (tertiary alicyclic amines) is 1. The Balaban J connectivity index is 0.000000293. The molecular weight excluding hydrogens is 406 g/mol. The fourth-order valence-electron chi connectivity index (χ4n) is 2.93. The van der Waals surface area contributed by atoms with Gasteiger partial charge in [0.1, 0.15) is 11.4 Å². The Bertz CT molecular complexity index is 766. The van der Waals surface area contributed by atoms with Crippen molar-refractivity contribution in [3.05, 3.63) is 59.7 Å². The largest absolute Gasteiger partial charge is 0.508 e. The first-order chi connectivity index (χ1) is 14.7. The van der Waals surface area contributed by atoms with Crippen molar-refractivity contribution in [2.24, 2.45) is 0 Å². The van der Waals surface area contributed by atoms with Crippen LogP contribution in [0.5, 0.6) is 5.75 Å². The fraction of sp³-hybridized carbons (Fsp3) is 0.500. The number of aromatic hydroxyl groups is 1. The van der Waals surface area contributed by atoms with Crippen LogP contribution in [-0.4, -0.2) is 34.8 Å². The highest BCUT2D eigenvalue weighted by molar-refractivity contribution is 7.98. The number of hydrogen-bond donors (Lipinski definition) is 1. The molecule has 1 N–H and O–H groups in total. The molecule has 0 radical (unpaired) electrons. The second-order valence-corrected chi connectivity index (χ2v) is 9.27. The van der Waals surface area contributed by atoms with E-state index in [2.05, 4.69) is 24.3 Å². The molecule has 2 aromatic rings. The van der Waals surface area contributed by atoms with Gasteiger partial charge in [-0.3, -0.25) is 0 Å². The van der Waals surface area contributed by atoms with Crippen molar-refractivity contribution < 1.29 is 14.6 Å². The van der Waals surface area contributed by atoms with Gasteiger partial charge in [0.2, 0.25) is 0 Å². The van der Waals surface area contributed by atoms with Crippen LogP contribution in [0.1, 0.15) is 65.0 Å². The summed E-state index contributed by atoms with van der Waals surface area (Å²) in [5.41, 5.74) is 2.08. The minimum atomic E-state index is -0.367. The van der Waals surface area contributed by atoms with Crippen LogP contribution in [0.4, 0.5) is 4.79 Å². The number of phenolic OH excluding ortho intramolecular Hbond substituents is 1. The molecule has 0 atom stereocenters. The highest BCUT2D eigenvalue weighted by Gasteiger charge is 2.22. The van der Waals surface area contributed by atoms with Gasteiger partial charge in [-0.2, -0.15) is 0 Å². The zero-order valence-electron chi connectivity index (χ0n) is 20.0. The summed E-state index contributed by atoms with van der Waals surface area (Å²) in [6.45, 7) is 13.4. The van der Waals surface area contributed by atoms with Crippen molar-refractivity contribution in [2.75, 3.05) is 13.1 Å². The van der Waals surface area contributed by atoms with Crippen LogP contribution >= 0.6 is 11.8 Å². The number of carbonyl (C=O) groups is 1. The predicted molar refractivity (Wildman–Crippen MR) is 132 cm³/mol. The Hall–Kier alpha value is -2.14. The molecular formula is C26H39NO3S. The van der Waals surface area contributed by atoms with Gasteiger partial charge in [0, 0.05) is 23.7 Å². The Morgan fingerprint density at radius 2 is 1.65 bits per heavy atom. The lowest BCUT2D eigenvalue weighted by molar-refractivity contribution is 0.0216. The molecule has 0 aromatic heterocycles. The standard InChI is InChI=1S/C14H14OS.C10H19NO2.C2H6/c1-11-9-13(15)7-8-14(11)16-10-12-5-3-2-4-6-12;1-10(2,3)13-9(12)11-7-5-4-6-8-11;1-2/h2-9,15H,10H2,1H3;4-8H2,1-3H3;1-2H3. The van der Waals surface area contributed by atoms with Crippen molar-refractivity contribution in [1.82, 2.24) is 4.90 Å². The summed E-state index contributed by atoms with van der Waals surface area (Å²) in [4.78, 5) is 14.5. The number of amides is 1. The number of benzene rings is 2. The lowest BCUT2D eigenvalue weighted by Gasteiger charge is -2.29. The van der Waals surface area contributed by atoms with E-state index in [-0.39, 0.29) is 11.7 Å². The maximum atomic E-state index is 11.5. The zero-order chi connectivity index (χ0) is 23.3. The summed E-state index contributed by atoms with van der Waals surface area (Å²) in [5.74, 6) is 1.30. The Morgan fingerprint density at radius 1 is 1.03 bits per heavy atom. The molecule has 3 rings (SSSR count). The number of rotatable bonds is 3. The smallest absolute Gasteiger partial charge is 0.410 e. The summed E-state index contributed by atoms with van der Waals surface area (Å²) in [5, 5.41) is 9.31. The third-order valence-electron chi connectivity index (χ3n) is 4.40. The maximum absolute atomic E-state index is 11.5. The monoisotopic (exact) mass is 445 g/mol. The number of carbonyl (C=O) groups excluding carboxylic acids is 1. The molecule has 0 saturated carbocycles. The molecule has 0 bridgehead atoms. The van der Waals surface area contributed by atoms with E-state index in [1.807, 2.05) is 53.7 Å². The molecule has 1 aliphatic rings. The summed E-state index contributed by atoms with van der Waals surface area (Å²) in [6, 6.07) is 15.9. The average Bonchev–Trinajstić information content (AvgIpc) is 2.75. The van der Waals surface area contributed by atoms with Crippen molar-refractivity contribution in [1.29, 1.82) is 0 Å². The van der Waals surface area contributed by atoms with Gasteiger partial charge in [0.25, 0.3) is 0 Å². The number of piperidine rings is 1. The van der Waals surface area contributed by atoms with Gasteiger partial charge in [-0.1, -0.05) is 44.2 Å². The SMILES string of the molecule is CC.CC(C)(C)OC(=O)N1CCCCC1.Cc1cc(O)ccc1SCc1ccccc1. The topological polar surface area (TPSA) is 49.8 Å². The van der Waals surface area contributed by atoms with Crippen LogP contribution < -0.4 is 0 Å². The van der Waals surface area contributed by atoms with Crippen LogP contribution in [0.3, 0.4) is 0 Å². The van der Waals surface area contributed by atoms with Gasteiger partial charge in [0.05, 0.1) is 0 Å². The highest BCUT2D eigenvalue weighted by Crippen LogP contribution is 2.28. The van der Waals surface area contributed by atoms with Gasteiger partial charge >= 0.3 is 6.09 Å². The Morgan fingerprint density at radius 3 is 2.19 bits per heavy atom. The van der Waals surface area contributed by atoms with Gasteiger partial charge in [-0.15, -0.1) is 11.8 Å². The summed E-state index contributed by atoms with van der Waals surface area (Å²) >= 11 is 1.80. The molecule has 0 spiro atoms. The molecule has 1 heterocycles. The number of nitrogens with zero attached hydrogens (tertiary/aromatic N) is 1. The van der Waals surface area contributed by atoms with Crippen LogP contribution in [0, 0.1) is 6.92 Å². The van der Waals surface area contributed by atoms with Gasteiger partial charge < -0.3 is 14.7 Å². The average molecular weight is 446 g/mol. The van der Waals surface area contributed by atoms with Gasteiger partial charge in [-0.25, -0.2) is 4.79 Å². The molecule has 1 fully saturated rings. The van der Waals surface area contributed by atoms with Crippen molar-refractivity contribution in [3.63, 3.8) is 0 Å². The minimum Gasteiger partial charge on any atom is -0.508 e. The first kappa shape index (κ1) is 26.9. The molecule has 0 aliphatic carbocycles. The first-order valence-corrected chi connectivity index (χ1v) is 12.2. The summed E-state index contributed by atoms with van der Waals surface area (Å²) < 4.78 is 5.26. The number of thioether (sulfide) groups is 1. The van der Waals surface area contributed by atoms with Crippen molar-refractivity contribution in [3.8, 4) is 5.75 Å². The van der Waals surface area contributed by atoms with E-state index < -0.39 is 0 Å². The van der Waals surface area contributed by atoms with E-state index >= 15 is 0 Å². The second kappa shape index (κ2) is 14.0. The number of hydrogen-bond acceptors (Lipinski definition) is 4. The lowest BCUT2D eigenvalue weighted by Crippen LogP contribution is -2.39. The highest BCUT2D eigenvalue weighted by atomic mass is 32.2. The second-order valence-electron chi connectivity index (χ2n) is 8.25. The molecule has 2 aromatic carbocycles. The Labute approximate surface area is 193 Å². The van der Waals surface area contributed by atoms with E-state index in [0.717, 1.165) is 37.2 Å². The summed E-state index contributed by atoms with van der Waals surface area (Å²) in [7, 11) is 0.